The predicted molar refractivity (Wildman–Crippen MR) is 59.7 cm³/mol. The van der Waals surface area contributed by atoms with Gasteiger partial charge in [0, 0.05) is 17.3 Å². The number of nitrogens with zero attached hydrogens (tertiary/aromatic N) is 1. The van der Waals surface area contributed by atoms with Gasteiger partial charge < -0.3 is 10.6 Å². The Morgan fingerprint density at radius 3 is 2.67 bits per heavy atom. The predicted octanol–water partition coefficient (Wildman–Crippen LogP) is 1.04. The zero-order valence-corrected chi connectivity index (χ0v) is 9.64. The van der Waals surface area contributed by atoms with Crippen LogP contribution < -0.4 is 10.6 Å². The highest BCUT2D eigenvalue weighted by molar-refractivity contribution is 5.91. The number of amides is 1. The van der Waals surface area contributed by atoms with Gasteiger partial charge in [0.05, 0.1) is 6.54 Å². The molecule has 0 unspecified atom stereocenters. The van der Waals surface area contributed by atoms with E-state index >= 15 is 0 Å². The fraction of sp³-hybridized carbons (Fsp3) is 0.600. The van der Waals surface area contributed by atoms with E-state index in [-0.39, 0.29) is 18.0 Å². The molecule has 0 radical (unpaired) electrons. The Bertz CT molecular complexity index is 337. The van der Waals surface area contributed by atoms with Gasteiger partial charge in [-0.15, -0.1) is 0 Å². The van der Waals surface area contributed by atoms with Crippen molar-refractivity contribution >= 4 is 11.7 Å². The normalized spacial score (nSPS) is 11.5. The molecule has 0 saturated heterocycles. The van der Waals surface area contributed by atoms with Gasteiger partial charge >= 0.3 is 0 Å². The maximum atomic E-state index is 11.4. The molecule has 15 heavy (non-hydrogen) atoms. The maximum absolute atomic E-state index is 11.4. The van der Waals surface area contributed by atoms with E-state index in [9.17, 15) is 4.79 Å². The highest BCUT2D eigenvalue weighted by Gasteiger charge is 2.11. The van der Waals surface area contributed by atoms with Crippen molar-refractivity contribution in [2.75, 3.05) is 11.9 Å². The van der Waals surface area contributed by atoms with Crippen molar-refractivity contribution in [2.45, 2.75) is 33.2 Å². The number of hydrogen-bond acceptors (Lipinski definition) is 3. The van der Waals surface area contributed by atoms with E-state index in [4.69, 9.17) is 0 Å². The number of aryl methyl sites for hydroxylation is 1. The molecular formula is C10H18N4O. The number of aromatic amines is 1. The summed E-state index contributed by atoms with van der Waals surface area (Å²) in [5.41, 5.74) is 0.868. The van der Waals surface area contributed by atoms with Gasteiger partial charge in [-0.05, 0) is 27.7 Å². The first-order valence-corrected chi connectivity index (χ1v) is 4.94. The fourth-order valence-electron chi connectivity index (χ4n) is 1.01. The Labute approximate surface area is 89.6 Å². The zero-order chi connectivity index (χ0) is 11.5. The quantitative estimate of drug-likeness (QED) is 0.698. The minimum Gasteiger partial charge on any atom is -0.308 e. The Balaban J connectivity index is 2.37. The molecule has 1 amide bonds. The molecule has 0 aliphatic heterocycles. The van der Waals surface area contributed by atoms with E-state index in [2.05, 4.69) is 20.8 Å². The highest BCUT2D eigenvalue weighted by atomic mass is 16.2. The highest BCUT2D eigenvalue weighted by Crippen LogP contribution is 2.03. The Hall–Kier alpha value is -1.36. The minimum absolute atomic E-state index is 0.0567. The van der Waals surface area contributed by atoms with Gasteiger partial charge in [0.2, 0.25) is 5.91 Å². The van der Waals surface area contributed by atoms with Crippen LogP contribution in [0, 0.1) is 6.92 Å². The number of aromatic nitrogens is 2. The number of hydrogen-bond donors (Lipinski definition) is 3. The number of carbonyl (C=O) groups is 1. The molecule has 1 aromatic rings. The number of H-pyrrole nitrogens is 1. The Kier molecular flexibility index (Phi) is 3.47. The van der Waals surface area contributed by atoms with Gasteiger partial charge in [0.25, 0.3) is 0 Å². The molecule has 0 aliphatic rings. The standard InChI is InChI=1S/C10H18N4O/c1-7-5-8(14-13-7)12-9(15)6-11-10(2,3)4/h5,11H,6H2,1-4H3,(H2,12,13,14,15). The van der Waals surface area contributed by atoms with E-state index in [0.29, 0.717) is 5.82 Å². The lowest BCUT2D eigenvalue weighted by molar-refractivity contribution is -0.115. The molecule has 3 N–H and O–H groups in total. The third-order valence-corrected chi connectivity index (χ3v) is 1.75. The molecule has 0 bridgehead atoms. The maximum Gasteiger partial charge on any atom is 0.239 e. The second-order valence-corrected chi connectivity index (χ2v) is 4.59. The third-order valence-electron chi connectivity index (χ3n) is 1.75. The van der Waals surface area contributed by atoms with Gasteiger partial charge in [-0.3, -0.25) is 9.89 Å². The van der Waals surface area contributed by atoms with Crippen LogP contribution in [0.25, 0.3) is 0 Å². The third kappa shape index (κ3) is 4.60. The van der Waals surface area contributed by atoms with Crippen molar-refractivity contribution in [3.05, 3.63) is 11.8 Å². The molecule has 0 atom stereocenters. The zero-order valence-electron chi connectivity index (χ0n) is 9.64. The van der Waals surface area contributed by atoms with Gasteiger partial charge in [0.15, 0.2) is 5.82 Å². The van der Waals surface area contributed by atoms with Crippen molar-refractivity contribution in [2.24, 2.45) is 0 Å². The van der Waals surface area contributed by atoms with Gasteiger partial charge in [0.1, 0.15) is 0 Å². The summed E-state index contributed by atoms with van der Waals surface area (Å²) >= 11 is 0. The largest absolute Gasteiger partial charge is 0.308 e. The Morgan fingerprint density at radius 1 is 1.53 bits per heavy atom. The topological polar surface area (TPSA) is 69.8 Å². The van der Waals surface area contributed by atoms with Gasteiger partial charge in [-0.25, -0.2) is 0 Å². The van der Waals surface area contributed by atoms with E-state index in [0.717, 1.165) is 5.69 Å². The molecule has 0 aliphatic carbocycles. The van der Waals surface area contributed by atoms with Crippen LogP contribution in [0.15, 0.2) is 6.07 Å². The lowest BCUT2D eigenvalue weighted by Gasteiger charge is -2.19. The molecule has 0 spiro atoms. The van der Waals surface area contributed by atoms with Crippen molar-refractivity contribution in [3.63, 3.8) is 0 Å². The first-order chi connectivity index (χ1) is 6.87. The van der Waals surface area contributed by atoms with Crippen LogP contribution >= 0.6 is 0 Å². The van der Waals surface area contributed by atoms with Crippen LogP contribution in [-0.2, 0) is 4.79 Å². The summed E-state index contributed by atoms with van der Waals surface area (Å²) in [6.07, 6.45) is 0. The van der Waals surface area contributed by atoms with Gasteiger partial charge in [-0.1, -0.05) is 0 Å². The molecule has 1 aromatic heterocycles. The van der Waals surface area contributed by atoms with Crippen LogP contribution in [0.1, 0.15) is 26.5 Å². The molecule has 1 rings (SSSR count). The van der Waals surface area contributed by atoms with E-state index in [1.54, 1.807) is 6.07 Å². The summed E-state index contributed by atoms with van der Waals surface area (Å²) < 4.78 is 0. The smallest absolute Gasteiger partial charge is 0.239 e. The lowest BCUT2D eigenvalue weighted by atomic mass is 10.1. The first kappa shape index (κ1) is 11.7. The molecule has 84 valence electrons. The molecule has 5 nitrogen and oxygen atoms in total. The van der Waals surface area contributed by atoms with E-state index in [1.807, 2.05) is 27.7 Å². The van der Waals surface area contributed by atoms with Crippen molar-refractivity contribution < 1.29 is 4.79 Å². The van der Waals surface area contributed by atoms with Crippen LogP contribution in [0.3, 0.4) is 0 Å². The summed E-state index contributed by atoms with van der Waals surface area (Å²) in [6, 6.07) is 1.79. The average molecular weight is 210 g/mol. The van der Waals surface area contributed by atoms with Crippen LogP contribution in [0.4, 0.5) is 5.82 Å². The SMILES string of the molecule is Cc1cc(NC(=O)CNC(C)(C)C)n[nH]1. The monoisotopic (exact) mass is 210 g/mol. The van der Waals surface area contributed by atoms with Crippen molar-refractivity contribution in [3.8, 4) is 0 Å². The molecular weight excluding hydrogens is 192 g/mol. The van der Waals surface area contributed by atoms with Crippen molar-refractivity contribution in [1.82, 2.24) is 15.5 Å². The number of nitrogens with one attached hydrogen (secondary N) is 3. The van der Waals surface area contributed by atoms with Crippen molar-refractivity contribution in [1.29, 1.82) is 0 Å². The first-order valence-electron chi connectivity index (χ1n) is 4.94. The summed E-state index contributed by atoms with van der Waals surface area (Å²) in [5.74, 6) is 0.477. The summed E-state index contributed by atoms with van der Waals surface area (Å²) in [5, 5.41) is 12.5. The second kappa shape index (κ2) is 4.44. The van der Waals surface area contributed by atoms with E-state index in [1.165, 1.54) is 0 Å². The minimum atomic E-state index is -0.0866. The molecule has 0 saturated carbocycles. The average Bonchev–Trinajstić information content (AvgIpc) is 2.47. The summed E-state index contributed by atoms with van der Waals surface area (Å²) in [4.78, 5) is 11.4. The van der Waals surface area contributed by atoms with Crippen LogP contribution in [0.2, 0.25) is 0 Å². The van der Waals surface area contributed by atoms with Crippen LogP contribution in [0.5, 0.6) is 0 Å². The Morgan fingerprint density at radius 2 is 2.20 bits per heavy atom. The van der Waals surface area contributed by atoms with Crippen LogP contribution in [-0.4, -0.2) is 28.2 Å². The molecule has 0 fully saturated rings. The molecule has 0 aromatic carbocycles. The number of rotatable bonds is 3. The van der Waals surface area contributed by atoms with E-state index < -0.39 is 0 Å². The molecule has 1 heterocycles. The molecule has 5 heteroatoms. The number of carbonyl (C=O) groups excluding carboxylic acids is 1. The fourth-order valence-corrected chi connectivity index (χ4v) is 1.01. The summed E-state index contributed by atoms with van der Waals surface area (Å²) in [6.45, 7) is 8.21. The van der Waals surface area contributed by atoms with Gasteiger partial charge in [-0.2, -0.15) is 5.10 Å². The summed E-state index contributed by atoms with van der Waals surface area (Å²) in [7, 11) is 0. The lowest BCUT2D eigenvalue weighted by Crippen LogP contribution is -2.41. The number of anilines is 1. The second-order valence-electron chi connectivity index (χ2n) is 4.59.